The van der Waals surface area contributed by atoms with Gasteiger partial charge in [0.2, 0.25) is 0 Å². The summed E-state index contributed by atoms with van der Waals surface area (Å²) in [6, 6.07) is 0. The molecule has 0 spiro atoms. The van der Waals surface area contributed by atoms with Crippen molar-refractivity contribution in [3.05, 3.63) is 22.5 Å². The van der Waals surface area contributed by atoms with Gasteiger partial charge in [-0.25, -0.2) is 0 Å². The van der Waals surface area contributed by atoms with E-state index in [1.807, 2.05) is 0 Å². The van der Waals surface area contributed by atoms with Crippen molar-refractivity contribution in [2.24, 2.45) is 33.5 Å². The minimum atomic E-state index is -0.208. The van der Waals surface area contributed by atoms with E-state index in [9.17, 15) is 9.59 Å². The first-order valence-corrected chi connectivity index (χ1v) is 11.8. The third-order valence-corrected chi connectivity index (χ3v) is 10.4. The van der Waals surface area contributed by atoms with Crippen molar-refractivity contribution in [1.82, 2.24) is 10.6 Å². The molecule has 0 aliphatic heterocycles. The molecule has 4 unspecified atom stereocenters. The van der Waals surface area contributed by atoms with Crippen LogP contribution in [0.25, 0.3) is 0 Å². The quantitative estimate of drug-likeness (QED) is 0.505. The second-order valence-electron chi connectivity index (χ2n) is 11.9. The highest BCUT2D eigenvalue weighted by Gasteiger charge is 2.65. The molecule has 0 heterocycles. The largest absolute Gasteiger partial charge is 0.386 e. The molecule has 166 valence electrons. The summed E-state index contributed by atoms with van der Waals surface area (Å²) in [5, 5.41) is 7.00. The summed E-state index contributed by atoms with van der Waals surface area (Å²) in [4.78, 5) is 26.2. The molecule has 0 aromatic rings. The van der Waals surface area contributed by atoms with Gasteiger partial charge in [-0.05, 0) is 62.2 Å². The summed E-state index contributed by atoms with van der Waals surface area (Å²) in [6.07, 6.45) is 4.26. The molecule has 0 amide bonds. The fourth-order valence-electron chi connectivity index (χ4n) is 7.29. The minimum Gasteiger partial charge on any atom is -0.386 e. The smallest absolute Gasteiger partial charge is 0.167 e. The van der Waals surface area contributed by atoms with Gasteiger partial charge in [-0.3, -0.25) is 9.59 Å². The SMILES string of the molecule is C/C(NCCN/C(C)=C1\C(=O)C2(C)CCC1C2(C)C)=C1/C(=O)C2(C)CCC1C2(C)C. The van der Waals surface area contributed by atoms with Crippen LogP contribution in [0.1, 0.15) is 81.1 Å². The van der Waals surface area contributed by atoms with Crippen molar-refractivity contribution >= 4 is 11.6 Å². The molecule has 4 nitrogen and oxygen atoms in total. The van der Waals surface area contributed by atoms with E-state index in [0.29, 0.717) is 23.4 Å². The lowest BCUT2D eigenvalue weighted by atomic mass is 9.70. The minimum absolute atomic E-state index is 0.0483. The lowest BCUT2D eigenvalue weighted by molar-refractivity contribution is -0.126. The molecule has 2 N–H and O–H groups in total. The van der Waals surface area contributed by atoms with Crippen molar-refractivity contribution in [3.63, 3.8) is 0 Å². The molecule has 0 aromatic heterocycles. The molecule has 4 aliphatic rings. The van der Waals surface area contributed by atoms with Crippen LogP contribution >= 0.6 is 0 Å². The molecule has 4 saturated carbocycles. The molecular weight excluding hydrogens is 372 g/mol. The number of hydrogen-bond acceptors (Lipinski definition) is 4. The normalized spacial score (nSPS) is 41.5. The number of Topliss-reactive ketones (excluding diaryl/α,β-unsaturated/α-hetero) is 2. The van der Waals surface area contributed by atoms with E-state index in [0.717, 1.165) is 61.3 Å². The number of rotatable bonds is 5. The summed E-state index contributed by atoms with van der Waals surface area (Å²) < 4.78 is 0. The van der Waals surface area contributed by atoms with Crippen molar-refractivity contribution in [2.45, 2.75) is 81.1 Å². The Hall–Kier alpha value is -1.58. The Morgan fingerprint density at radius 3 is 1.33 bits per heavy atom. The first-order chi connectivity index (χ1) is 13.8. The number of hydrogen-bond donors (Lipinski definition) is 2. The summed E-state index contributed by atoms with van der Waals surface area (Å²) in [5.41, 5.74) is 3.82. The second-order valence-corrected chi connectivity index (χ2v) is 11.9. The standard InChI is InChI=1S/C26H40N2O2/c1-15(19-17-9-11-25(7,21(19)29)23(17,3)4)27-13-14-28-16(2)20-18-10-12-26(8,22(20)30)24(18,5)6/h17-18,27-28H,9-14H2,1-8H3/b19-15-,20-16-. The molecule has 4 fully saturated rings. The molecule has 0 saturated heterocycles. The topological polar surface area (TPSA) is 58.2 Å². The predicted octanol–water partition coefficient (Wildman–Crippen LogP) is 4.76. The van der Waals surface area contributed by atoms with E-state index in [4.69, 9.17) is 0 Å². The van der Waals surface area contributed by atoms with Crippen LogP contribution in [0.5, 0.6) is 0 Å². The molecule has 4 heteroatoms. The van der Waals surface area contributed by atoms with Gasteiger partial charge in [0.25, 0.3) is 0 Å². The molecule has 0 radical (unpaired) electrons. The zero-order valence-electron chi connectivity index (χ0n) is 20.2. The lowest BCUT2D eigenvalue weighted by Gasteiger charge is -2.31. The van der Waals surface area contributed by atoms with Gasteiger partial charge in [0.1, 0.15) is 0 Å². The Morgan fingerprint density at radius 1 is 0.733 bits per heavy atom. The molecule has 4 rings (SSSR count). The number of nitrogens with one attached hydrogen (secondary N) is 2. The number of carbonyl (C=O) groups is 2. The Labute approximate surface area is 182 Å². The maximum atomic E-state index is 13.1. The molecule has 4 atom stereocenters. The Bertz CT molecular complexity index is 805. The van der Waals surface area contributed by atoms with E-state index >= 15 is 0 Å². The Kier molecular flexibility index (Phi) is 4.66. The van der Waals surface area contributed by atoms with Gasteiger partial charge in [0, 0.05) is 46.5 Å². The van der Waals surface area contributed by atoms with Crippen LogP contribution in [0.2, 0.25) is 0 Å². The lowest BCUT2D eigenvalue weighted by Crippen LogP contribution is -2.33. The van der Waals surface area contributed by atoms with E-state index in [-0.39, 0.29) is 21.7 Å². The molecular formula is C26H40N2O2. The van der Waals surface area contributed by atoms with E-state index < -0.39 is 0 Å². The van der Waals surface area contributed by atoms with E-state index in [1.165, 1.54) is 0 Å². The number of carbonyl (C=O) groups excluding carboxylic acids is 2. The van der Waals surface area contributed by atoms with Gasteiger partial charge in [0.15, 0.2) is 11.6 Å². The molecule has 4 bridgehead atoms. The fourth-order valence-corrected chi connectivity index (χ4v) is 7.29. The number of allylic oxidation sites excluding steroid dienone is 4. The van der Waals surface area contributed by atoms with Gasteiger partial charge in [-0.15, -0.1) is 0 Å². The third-order valence-electron chi connectivity index (χ3n) is 10.4. The predicted molar refractivity (Wildman–Crippen MR) is 121 cm³/mol. The van der Waals surface area contributed by atoms with Gasteiger partial charge in [-0.2, -0.15) is 0 Å². The second kappa shape index (κ2) is 6.46. The van der Waals surface area contributed by atoms with Crippen LogP contribution in [0, 0.1) is 33.5 Å². The highest BCUT2D eigenvalue weighted by atomic mass is 16.1. The van der Waals surface area contributed by atoms with Crippen LogP contribution in [0.4, 0.5) is 0 Å². The molecule has 30 heavy (non-hydrogen) atoms. The van der Waals surface area contributed by atoms with Gasteiger partial charge in [0.05, 0.1) is 0 Å². The van der Waals surface area contributed by atoms with Crippen LogP contribution < -0.4 is 10.6 Å². The fraction of sp³-hybridized carbons (Fsp3) is 0.769. The van der Waals surface area contributed by atoms with E-state index in [2.05, 4.69) is 66.0 Å². The van der Waals surface area contributed by atoms with Crippen LogP contribution in [0.3, 0.4) is 0 Å². The van der Waals surface area contributed by atoms with Gasteiger partial charge in [-0.1, -0.05) is 41.5 Å². The van der Waals surface area contributed by atoms with Crippen molar-refractivity contribution in [1.29, 1.82) is 0 Å². The van der Waals surface area contributed by atoms with Crippen LogP contribution in [-0.2, 0) is 9.59 Å². The van der Waals surface area contributed by atoms with Gasteiger partial charge < -0.3 is 10.6 Å². The monoisotopic (exact) mass is 412 g/mol. The molecule has 0 aromatic carbocycles. The van der Waals surface area contributed by atoms with Crippen LogP contribution in [-0.4, -0.2) is 24.7 Å². The maximum Gasteiger partial charge on any atom is 0.167 e. The first-order valence-electron chi connectivity index (χ1n) is 11.8. The molecule has 4 aliphatic carbocycles. The first kappa shape index (κ1) is 21.6. The average molecular weight is 413 g/mol. The zero-order chi connectivity index (χ0) is 22.3. The van der Waals surface area contributed by atoms with E-state index in [1.54, 1.807) is 0 Å². The summed E-state index contributed by atoms with van der Waals surface area (Å²) >= 11 is 0. The summed E-state index contributed by atoms with van der Waals surface area (Å²) in [5.74, 6) is 1.44. The Morgan fingerprint density at radius 2 is 1.07 bits per heavy atom. The zero-order valence-corrected chi connectivity index (χ0v) is 20.2. The highest BCUT2D eigenvalue weighted by Crippen LogP contribution is 2.66. The summed E-state index contributed by atoms with van der Waals surface area (Å²) in [7, 11) is 0. The van der Waals surface area contributed by atoms with Crippen molar-refractivity contribution in [2.75, 3.05) is 13.1 Å². The Balaban J connectivity index is 1.41. The third kappa shape index (κ3) is 2.45. The number of ketones is 2. The van der Waals surface area contributed by atoms with Gasteiger partial charge >= 0.3 is 0 Å². The van der Waals surface area contributed by atoms with Crippen LogP contribution in [0.15, 0.2) is 22.5 Å². The number of fused-ring (bicyclic) bond motifs is 4. The van der Waals surface area contributed by atoms with Crippen molar-refractivity contribution < 1.29 is 9.59 Å². The maximum absolute atomic E-state index is 13.1. The highest BCUT2D eigenvalue weighted by molar-refractivity contribution is 6.05. The average Bonchev–Trinajstić information content (AvgIpc) is 3.15. The summed E-state index contributed by atoms with van der Waals surface area (Å²) in [6.45, 7) is 18.9. The van der Waals surface area contributed by atoms with Crippen molar-refractivity contribution in [3.8, 4) is 0 Å².